The number of thiophene rings is 1. The highest BCUT2D eigenvalue weighted by Crippen LogP contribution is 2.35. The van der Waals surface area contributed by atoms with E-state index >= 15 is 0 Å². The van der Waals surface area contributed by atoms with Gasteiger partial charge in [0.25, 0.3) is 5.91 Å². The Morgan fingerprint density at radius 1 is 1.35 bits per heavy atom. The number of nitrogens with one attached hydrogen (secondary N) is 1. The first-order valence-corrected chi connectivity index (χ1v) is 8.80. The lowest BCUT2D eigenvalue weighted by atomic mass is 9.97. The minimum Gasteiger partial charge on any atom is -0.351 e. The molecule has 2 atom stereocenters. The summed E-state index contributed by atoms with van der Waals surface area (Å²) in [6, 6.07) is 9.09. The predicted molar refractivity (Wildman–Crippen MR) is 91.3 cm³/mol. The van der Waals surface area contributed by atoms with Crippen LogP contribution in [-0.4, -0.2) is 29.9 Å². The molecule has 0 saturated carbocycles. The number of halogens is 1. The topological polar surface area (TPSA) is 32.3 Å². The summed E-state index contributed by atoms with van der Waals surface area (Å²) in [6.45, 7) is 5.71. The van der Waals surface area contributed by atoms with E-state index in [0.29, 0.717) is 18.6 Å². The number of hydrogen-bond acceptors (Lipinski definition) is 3. The van der Waals surface area contributed by atoms with Gasteiger partial charge in [0.05, 0.1) is 5.56 Å². The van der Waals surface area contributed by atoms with Crippen molar-refractivity contribution in [3.63, 3.8) is 0 Å². The van der Waals surface area contributed by atoms with Gasteiger partial charge in [-0.25, -0.2) is 4.39 Å². The fourth-order valence-electron chi connectivity index (χ4n) is 3.30. The number of carbonyl (C=O) groups is 1. The molecule has 0 aliphatic carbocycles. The Balaban J connectivity index is 1.59. The van der Waals surface area contributed by atoms with Crippen molar-refractivity contribution in [3.05, 3.63) is 57.5 Å². The van der Waals surface area contributed by atoms with Gasteiger partial charge in [-0.3, -0.25) is 9.69 Å². The molecule has 1 aromatic heterocycles. The van der Waals surface area contributed by atoms with Crippen molar-refractivity contribution in [2.75, 3.05) is 13.1 Å². The summed E-state index contributed by atoms with van der Waals surface area (Å²) in [7, 11) is 0. The predicted octanol–water partition coefficient (Wildman–Crippen LogP) is 3.62. The number of benzene rings is 1. The van der Waals surface area contributed by atoms with Gasteiger partial charge < -0.3 is 5.32 Å². The molecule has 1 N–H and O–H groups in total. The Kier molecular flexibility index (Phi) is 4.78. The fourth-order valence-corrected chi connectivity index (χ4v) is 4.32. The molecule has 0 bridgehead atoms. The van der Waals surface area contributed by atoms with Gasteiger partial charge in [-0.1, -0.05) is 12.1 Å². The Morgan fingerprint density at radius 3 is 2.91 bits per heavy atom. The van der Waals surface area contributed by atoms with Gasteiger partial charge in [0.1, 0.15) is 5.82 Å². The molecule has 122 valence electrons. The average molecular weight is 332 g/mol. The molecule has 1 aliphatic rings. The monoisotopic (exact) mass is 332 g/mol. The first-order chi connectivity index (χ1) is 11.1. The van der Waals surface area contributed by atoms with Crippen LogP contribution in [0.1, 0.15) is 40.7 Å². The zero-order chi connectivity index (χ0) is 16.4. The SMILES string of the molecule is CC1Cc2ccsc2C(C)N1CCNC(=O)c1ccccc1F. The Labute approximate surface area is 140 Å². The van der Waals surface area contributed by atoms with E-state index < -0.39 is 5.82 Å². The third-order valence-electron chi connectivity index (χ3n) is 4.51. The van der Waals surface area contributed by atoms with Gasteiger partial charge in [0, 0.05) is 30.1 Å². The number of amides is 1. The van der Waals surface area contributed by atoms with Crippen LogP contribution in [0.2, 0.25) is 0 Å². The third-order valence-corrected chi connectivity index (χ3v) is 5.64. The molecule has 1 aliphatic heterocycles. The minimum atomic E-state index is -0.479. The van der Waals surface area contributed by atoms with Gasteiger partial charge in [-0.15, -0.1) is 11.3 Å². The first kappa shape index (κ1) is 16.1. The van der Waals surface area contributed by atoms with E-state index in [1.54, 1.807) is 23.5 Å². The molecule has 1 aromatic carbocycles. The Hall–Kier alpha value is -1.72. The Morgan fingerprint density at radius 2 is 2.13 bits per heavy atom. The summed E-state index contributed by atoms with van der Waals surface area (Å²) in [5, 5.41) is 4.98. The van der Waals surface area contributed by atoms with Crippen molar-refractivity contribution in [2.45, 2.75) is 32.4 Å². The lowest BCUT2D eigenvalue weighted by molar-refractivity contribution is 0.0926. The van der Waals surface area contributed by atoms with E-state index in [1.165, 1.54) is 22.6 Å². The second-order valence-electron chi connectivity index (χ2n) is 6.01. The molecule has 23 heavy (non-hydrogen) atoms. The zero-order valence-corrected chi connectivity index (χ0v) is 14.2. The highest BCUT2D eigenvalue weighted by molar-refractivity contribution is 7.10. The molecule has 1 amide bonds. The van der Waals surface area contributed by atoms with Gasteiger partial charge in [0.15, 0.2) is 0 Å². The summed E-state index contributed by atoms with van der Waals surface area (Å²) >= 11 is 1.80. The van der Waals surface area contributed by atoms with E-state index in [-0.39, 0.29) is 11.5 Å². The molecule has 5 heteroatoms. The third kappa shape index (κ3) is 3.31. The summed E-state index contributed by atoms with van der Waals surface area (Å²) < 4.78 is 13.6. The van der Waals surface area contributed by atoms with Crippen molar-refractivity contribution < 1.29 is 9.18 Å². The van der Waals surface area contributed by atoms with Crippen LogP contribution in [0.3, 0.4) is 0 Å². The summed E-state index contributed by atoms with van der Waals surface area (Å²) in [5.41, 5.74) is 1.55. The lowest BCUT2D eigenvalue weighted by Gasteiger charge is -2.38. The maximum Gasteiger partial charge on any atom is 0.254 e. The standard InChI is InChI=1S/C18H21FN2OS/c1-12-11-14-7-10-23-17(14)13(2)21(12)9-8-20-18(22)15-5-3-4-6-16(15)19/h3-7,10,12-13H,8-9,11H2,1-2H3,(H,20,22). The largest absolute Gasteiger partial charge is 0.351 e. The molecule has 2 unspecified atom stereocenters. The zero-order valence-electron chi connectivity index (χ0n) is 13.4. The maximum atomic E-state index is 13.6. The van der Waals surface area contributed by atoms with Crippen LogP contribution in [0.15, 0.2) is 35.7 Å². The summed E-state index contributed by atoms with van der Waals surface area (Å²) in [6.07, 6.45) is 1.05. The molecule has 2 aromatic rings. The van der Waals surface area contributed by atoms with Crippen LogP contribution >= 0.6 is 11.3 Å². The van der Waals surface area contributed by atoms with Gasteiger partial charge in [-0.2, -0.15) is 0 Å². The second kappa shape index (κ2) is 6.81. The molecule has 3 nitrogen and oxygen atoms in total. The Bertz CT molecular complexity index is 700. The number of rotatable bonds is 4. The number of fused-ring (bicyclic) bond motifs is 1. The molecule has 0 fully saturated rings. The maximum absolute atomic E-state index is 13.6. The lowest BCUT2D eigenvalue weighted by Crippen LogP contribution is -2.44. The van der Waals surface area contributed by atoms with Crippen molar-refractivity contribution in [3.8, 4) is 0 Å². The van der Waals surface area contributed by atoms with Crippen LogP contribution in [0.4, 0.5) is 4.39 Å². The molecule has 2 heterocycles. The summed E-state index contributed by atoms with van der Waals surface area (Å²) in [4.78, 5) is 15.9. The van der Waals surface area contributed by atoms with E-state index in [4.69, 9.17) is 0 Å². The van der Waals surface area contributed by atoms with Crippen LogP contribution in [0.5, 0.6) is 0 Å². The highest BCUT2D eigenvalue weighted by Gasteiger charge is 2.29. The van der Waals surface area contributed by atoms with Gasteiger partial charge in [-0.05, 0) is 49.4 Å². The van der Waals surface area contributed by atoms with Crippen molar-refractivity contribution in [2.24, 2.45) is 0 Å². The number of hydrogen-bond donors (Lipinski definition) is 1. The number of nitrogens with zero attached hydrogens (tertiary/aromatic N) is 1. The molecular formula is C18H21FN2OS. The van der Waals surface area contributed by atoms with Crippen molar-refractivity contribution in [1.82, 2.24) is 10.2 Å². The van der Waals surface area contributed by atoms with Crippen LogP contribution in [0.25, 0.3) is 0 Å². The molecule has 0 spiro atoms. The molecular weight excluding hydrogens is 311 g/mol. The van der Waals surface area contributed by atoms with Crippen molar-refractivity contribution >= 4 is 17.2 Å². The van der Waals surface area contributed by atoms with Crippen LogP contribution in [0, 0.1) is 5.82 Å². The van der Waals surface area contributed by atoms with Crippen LogP contribution in [-0.2, 0) is 6.42 Å². The fraction of sp³-hybridized carbons (Fsp3) is 0.389. The van der Waals surface area contributed by atoms with Gasteiger partial charge >= 0.3 is 0 Å². The van der Waals surface area contributed by atoms with Gasteiger partial charge in [0.2, 0.25) is 0 Å². The normalized spacial score (nSPS) is 21.0. The van der Waals surface area contributed by atoms with Crippen molar-refractivity contribution in [1.29, 1.82) is 0 Å². The highest BCUT2D eigenvalue weighted by atomic mass is 32.1. The first-order valence-electron chi connectivity index (χ1n) is 7.92. The smallest absolute Gasteiger partial charge is 0.254 e. The van der Waals surface area contributed by atoms with E-state index in [2.05, 4.69) is 35.5 Å². The summed E-state index contributed by atoms with van der Waals surface area (Å²) in [5.74, 6) is -0.829. The number of carbonyl (C=O) groups excluding carboxylic acids is 1. The second-order valence-corrected chi connectivity index (χ2v) is 6.96. The molecule has 0 saturated heterocycles. The van der Waals surface area contributed by atoms with Crippen LogP contribution < -0.4 is 5.32 Å². The van der Waals surface area contributed by atoms with E-state index in [1.807, 2.05) is 0 Å². The average Bonchev–Trinajstić information content (AvgIpc) is 2.99. The molecule has 3 rings (SSSR count). The minimum absolute atomic E-state index is 0.104. The van der Waals surface area contributed by atoms with E-state index in [9.17, 15) is 9.18 Å². The van der Waals surface area contributed by atoms with E-state index in [0.717, 1.165) is 13.0 Å². The quantitative estimate of drug-likeness (QED) is 0.927. The molecule has 0 radical (unpaired) electrons.